The summed E-state index contributed by atoms with van der Waals surface area (Å²) in [6, 6.07) is 8.17. The molecule has 0 atom stereocenters. The Labute approximate surface area is 175 Å². The first-order chi connectivity index (χ1) is 14.4. The van der Waals surface area contributed by atoms with E-state index in [1.54, 1.807) is 12.3 Å². The molecule has 4 rings (SSSR count). The molecule has 1 saturated heterocycles. The van der Waals surface area contributed by atoms with Crippen molar-refractivity contribution in [1.82, 2.24) is 13.8 Å². The topological polar surface area (TPSA) is 81.4 Å². The maximum Gasteiger partial charge on any atom is 0.245 e. The van der Waals surface area contributed by atoms with E-state index in [0.717, 1.165) is 44.8 Å². The molecule has 8 nitrogen and oxygen atoms in total. The summed E-state index contributed by atoms with van der Waals surface area (Å²) in [5.74, 6) is -0.224. The fourth-order valence-electron chi connectivity index (χ4n) is 4.12. The average Bonchev–Trinajstić information content (AvgIpc) is 3.17. The van der Waals surface area contributed by atoms with Crippen LogP contribution in [0.1, 0.15) is 12.1 Å². The van der Waals surface area contributed by atoms with Crippen molar-refractivity contribution in [2.24, 2.45) is 5.16 Å². The number of hydrogen-bond donors (Lipinski definition) is 1. The summed E-state index contributed by atoms with van der Waals surface area (Å²) in [7, 11) is -2.06. The van der Waals surface area contributed by atoms with Crippen LogP contribution in [-0.2, 0) is 16.6 Å². The summed E-state index contributed by atoms with van der Waals surface area (Å²) in [4.78, 5) is 4.82. The van der Waals surface area contributed by atoms with Gasteiger partial charge in [0.15, 0.2) is 0 Å². The number of oxime groups is 1. The Balaban J connectivity index is 1.33. The average molecular weight is 436 g/mol. The van der Waals surface area contributed by atoms with E-state index in [4.69, 9.17) is 0 Å². The number of fused-ring (bicyclic) bond motifs is 1. The van der Waals surface area contributed by atoms with Crippen LogP contribution in [0.25, 0.3) is 0 Å². The molecule has 10 heteroatoms. The molecule has 0 saturated carbocycles. The van der Waals surface area contributed by atoms with Crippen molar-refractivity contribution < 1.29 is 18.0 Å². The smallest absolute Gasteiger partial charge is 0.245 e. The zero-order valence-corrected chi connectivity index (χ0v) is 17.7. The molecule has 0 unspecified atom stereocenters. The highest BCUT2D eigenvalue weighted by Crippen LogP contribution is 2.27. The van der Waals surface area contributed by atoms with E-state index in [-0.39, 0.29) is 17.3 Å². The van der Waals surface area contributed by atoms with Gasteiger partial charge in [0.1, 0.15) is 16.4 Å². The number of piperazine rings is 1. The van der Waals surface area contributed by atoms with Crippen molar-refractivity contribution in [3.63, 3.8) is 0 Å². The summed E-state index contributed by atoms with van der Waals surface area (Å²) in [6.45, 7) is 5.20. The zero-order valence-electron chi connectivity index (χ0n) is 16.9. The number of aromatic nitrogens is 1. The van der Waals surface area contributed by atoms with Crippen molar-refractivity contribution in [1.29, 1.82) is 0 Å². The third-order valence-corrected chi connectivity index (χ3v) is 7.65. The Hall–Kier alpha value is -2.43. The lowest BCUT2D eigenvalue weighted by molar-refractivity contribution is 0.250. The first-order valence-corrected chi connectivity index (χ1v) is 11.4. The molecule has 0 radical (unpaired) electrons. The molecule has 1 aromatic carbocycles. The van der Waals surface area contributed by atoms with Gasteiger partial charge in [-0.3, -0.25) is 4.90 Å². The van der Waals surface area contributed by atoms with Crippen LogP contribution in [0.4, 0.5) is 10.1 Å². The number of halogens is 1. The van der Waals surface area contributed by atoms with Gasteiger partial charge in [0.2, 0.25) is 10.0 Å². The van der Waals surface area contributed by atoms with Gasteiger partial charge in [-0.15, -0.1) is 0 Å². The van der Waals surface area contributed by atoms with Crippen molar-refractivity contribution in [2.75, 3.05) is 51.2 Å². The van der Waals surface area contributed by atoms with Gasteiger partial charge in [-0.05, 0) is 43.3 Å². The molecule has 2 aromatic rings. The van der Waals surface area contributed by atoms with Crippen molar-refractivity contribution in [2.45, 2.75) is 17.9 Å². The molecule has 1 N–H and O–H groups in total. The van der Waals surface area contributed by atoms with Crippen LogP contribution < -0.4 is 4.90 Å². The Morgan fingerprint density at radius 1 is 1.07 bits per heavy atom. The molecule has 0 spiro atoms. The van der Waals surface area contributed by atoms with Gasteiger partial charge in [-0.2, -0.15) is 4.31 Å². The number of rotatable bonds is 5. The SMILES string of the molecule is CN1C/C(=N\O)c2c(ccn2CCCN2CCN(c3ccc(F)cc3)CC2)S1(=O)=O. The Morgan fingerprint density at radius 3 is 2.43 bits per heavy atom. The number of hydrogen-bond acceptors (Lipinski definition) is 6. The highest BCUT2D eigenvalue weighted by Gasteiger charge is 2.35. The summed E-state index contributed by atoms with van der Waals surface area (Å²) >= 11 is 0. The van der Waals surface area contributed by atoms with E-state index in [9.17, 15) is 18.0 Å². The summed E-state index contributed by atoms with van der Waals surface area (Å²) in [5.41, 5.74) is 1.88. The van der Waals surface area contributed by atoms with Crippen LogP contribution in [0.15, 0.2) is 46.6 Å². The number of benzene rings is 1. The van der Waals surface area contributed by atoms with Gasteiger partial charge in [0.25, 0.3) is 0 Å². The van der Waals surface area contributed by atoms with Gasteiger partial charge < -0.3 is 14.7 Å². The van der Waals surface area contributed by atoms with Gasteiger partial charge in [-0.25, -0.2) is 12.8 Å². The first kappa shape index (κ1) is 20.8. The van der Waals surface area contributed by atoms with E-state index >= 15 is 0 Å². The third kappa shape index (κ3) is 3.94. The maximum absolute atomic E-state index is 13.1. The van der Waals surface area contributed by atoms with E-state index in [0.29, 0.717) is 18.0 Å². The number of likely N-dealkylation sites (N-methyl/N-ethyl adjacent to an activating group) is 1. The molecular formula is C20H26FN5O3S. The van der Waals surface area contributed by atoms with Crippen LogP contribution in [-0.4, -0.2) is 79.4 Å². The normalized spacial score (nSPS) is 21.1. The lowest BCUT2D eigenvalue weighted by Gasteiger charge is -2.36. The van der Waals surface area contributed by atoms with E-state index in [2.05, 4.69) is 15.0 Å². The highest BCUT2D eigenvalue weighted by molar-refractivity contribution is 7.89. The van der Waals surface area contributed by atoms with E-state index < -0.39 is 10.0 Å². The van der Waals surface area contributed by atoms with Gasteiger partial charge in [0.05, 0.1) is 12.2 Å². The number of sulfonamides is 1. The molecule has 162 valence electrons. The zero-order chi connectivity index (χ0) is 21.3. The fourth-order valence-corrected chi connectivity index (χ4v) is 5.46. The van der Waals surface area contributed by atoms with Gasteiger partial charge in [-0.1, -0.05) is 5.16 Å². The number of anilines is 1. The van der Waals surface area contributed by atoms with Crippen LogP contribution in [0.2, 0.25) is 0 Å². The van der Waals surface area contributed by atoms with Crippen LogP contribution in [0.5, 0.6) is 0 Å². The third-order valence-electron chi connectivity index (χ3n) is 5.82. The highest BCUT2D eigenvalue weighted by atomic mass is 32.2. The molecule has 2 aliphatic rings. The Morgan fingerprint density at radius 2 is 1.77 bits per heavy atom. The van der Waals surface area contributed by atoms with Crippen LogP contribution in [0, 0.1) is 5.82 Å². The molecule has 1 aromatic heterocycles. The molecule has 0 amide bonds. The number of nitrogens with zero attached hydrogens (tertiary/aromatic N) is 5. The fraction of sp³-hybridized carbons (Fsp3) is 0.450. The quantitative estimate of drug-likeness (QED) is 0.571. The second kappa shape index (κ2) is 8.37. The lowest BCUT2D eigenvalue weighted by Crippen LogP contribution is -2.46. The summed E-state index contributed by atoms with van der Waals surface area (Å²) in [6.07, 6.45) is 2.60. The molecular weight excluding hydrogens is 409 g/mol. The molecule has 30 heavy (non-hydrogen) atoms. The Kier molecular flexibility index (Phi) is 5.81. The molecule has 0 bridgehead atoms. The van der Waals surface area contributed by atoms with Crippen LogP contribution in [0.3, 0.4) is 0 Å². The monoisotopic (exact) mass is 435 g/mol. The van der Waals surface area contributed by atoms with E-state index in [1.807, 2.05) is 16.7 Å². The predicted molar refractivity (Wildman–Crippen MR) is 112 cm³/mol. The minimum atomic E-state index is -3.54. The molecule has 3 heterocycles. The number of aryl methyl sites for hydroxylation is 1. The lowest BCUT2D eigenvalue weighted by atomic mass is 10.2. The molecule has 1 fully saturated rings. The van der Waals surface area contributed by atoms with Gasteiger partial charge >= 0.3 is 0 Å². The van der Waals surface area contributed by atoms with Crippen LogP contribution >= 0.6 is 0 Å². The van der Waals surface area contributed by atoms with Crippen molar-refractivity contribution >= 4 is 21.4 Å². The predicted octanol–water partition coefficient (Wildman–Crippen LogP) is 1.65. The Bertz CT molecular complexity index is 1030. The second-order valence-electron chi connectivity index (χ2n) is 7.69. The minimum Gasteiger partial charge on any atom is -0.411 e. The molecule has 0 aliphatic carbocycles. The second-order valence-corrected chi connectivity index (χ2v) is 9.70. The van der Waals surface area contributed by atoms with Crippen molar-refractivity contribution in [3.8, 4) is 0 Å². The standard InChI is InChI=1S/C20H26FN5O3S/c1-23-15-18(22-27)20-19(30(23,28)29)7-10-26(20)9-2-8-24-11-13-25(14-12-24)17-5-3-16(21)4-6-17/h3-7,10,27H,2,8-9,11-15H2,1H3/b22-18+. The van der Waals surface area contributed by atoms with E-state index in [1.165, 1.54) is 23.5 Å². The summed E-state index contributed by atoms with van der Waals surface area (Å²) in [5, 5.41) is 12.7. The summed E-state index contributed by atoms with van der Waals surface area (Å²) < 4.78 is 41.2. The largest absolute Gasteiger partial charge is 0.411 e. The van der Waals surface area contributed by atoms with Gasteiger partial charge in [0, 0.05) is 51.7 Å². The minimum absolute atomic E-state index is 0.0567. The maximum atomic E-state index is 13.1. The first-order valence-electron chi connectivity index (χ1n) is 10.00. The van der Waals surface area contributed by atoms with Crippen molar-refractivity contribution in [3.05, 3.63) is 48.0 Å². The molecule has 2 aliphatic heterocycles.